The number of ether oxygens (including phenoxy) is 1. The second-order valence-electron chi connectivity index (χ2n) is 5.12. The lowest BCUT2D eigenvalue weighted by atomic mass is 10.1. The van der Waals surface area contributed by atoms with Crippen molar-refractivity contribution >= 4 is 11.9 Å². The van der Waals surface area contributed by atoms with Crippen LogP contribution in [0.3, 0.4) is 0 Å². The summed E-state index contributed by atoms with van der Waals surface area (Å²) in [6.45, 7) is 3.65. The predicted octanol–water partition coefficient (Wildman–Crippen LogP) is 0.958. The Balaban J connectivity index is 1.91. The Bertz CT molecular complexity index is 488. The van der Waals surface area contributed by atoms with Gasteiger partial charge in [-0.05, 0) is 12.5 Å². The van der Waals surface area contributed by atoms with Gasteiger partial charge < -0.3 is 14.7 Å². The van der Waals surface area contributed by atoms with E-state index in [2.05, 4.69) is 0 Å². The number of amides is 1. The Labute approximate surface area is 118 Å². The molecule has 108 valence electrons. The topological polar surface area (TPSA) is 66.8 Å². The minimum absolute atomic E-state index is 0.182. The highest BCUT2D eigenvalue weighted by Crippen LogP contribution is 2.21. The van der Waals surface area contributed by atoms with Crippen molar-refractivity contribution in [3.8, 4) is 0 Å². The number of aliphatic hydroxyl groups is 1. The summed E-state index contributed by atoms with van der Waals surface area (Å²) in [5.41, 5.74) is 0.897. The van der Waals surface area contributed by atoms with Crippen molar-refractivity contribution in [3.63, 3.8) is 0 Å². The van der Waals surface area contributed by atoms with Gasteiger partial charge in [0, 0.05) is 6.54 Å². The van der Waals surface area contributed by atoms with Gasteiger partial charge in [0.1, 0.15) is 12.6 Å². The molecule has 0 aromatic heterocycles. The molecular formula is C15H19NO4. The molecule has 0 spiro atoms. The van der Waals surface area contributed by atoms with Gasteiger partial charge >= 0.3 is 5.97 Å². The average Bonchev–Trinajstić information content (AvgIpc) is 2.72. The first-order valence-corrected chi connectivity index (χ1v) is 6.70. The third kappa shape index (κ3) is 2.99. The van der Waals surface area contributed by atoms with Gasteiger partial charge in [0.2, 0.25) is 5.91 Å². The van der Waals surface area contributed by atoms with Crippen LogP contribution >= 0.6 is 0 Å². The number of nitrogens with zero attached hydrogens (tertiary/aromatic N) is 1. The largest absolute Gasteiger partial charge is 0.459 e. The summed E-state index contributed by atoms with van der Waals surface area (Å²) in [4.78, 5) is 25.2. The van der Waals surface area contributed by atoms with Gasteiger partial charge in [-0.2, -0.15) is 0 Å². The van der Waals surface area contributed by atoms with Crippen molar-refractivity contribution in [2.75, 3.05) is 6.54 Å². The van der Waals surface area contributed by atoms with Gasteiger partial charge in [0.15, 0.2) is 0 Å². The van der Waals surface area contributed by atoms with Gasteiger partial charge in [-0.25, -0.2) is 4.79 Å². The third-order valence-corrected chi connectivity index (χ3v) is 3.67. The fourth-order valence-electron chi connectivity index (χ4n) is 2.20. The minimum atomic E-state index is -0.716. The molecule has 1 aliphatic rings. The molecule has 3 atom stereocenters. The molecule has 1 aromatic rings. The molecule has 0 unspecified atom stereocenters. The zero-order valence-corrected chi connectivity index (χ0v) is 11.7. The number of carbonyl (C=O) groups excluding carboxylic acids is 2. The normalized spacial score (nSPS) is 23.8. The first kappa shape index (κ1) is 14.5. The van der Waals surface area contributed by atoms with Crippen molar-refractivity contribution < 1.29 is 19.4 Å². The molecule has 1 aliphatic heterocycles. The van der Waals surface area contributed by atoms with Gasteiger partial charge in [-0.3, -0.25) is 4.79 Å². The Hall–Kier alpha value is -1.88. The molecule has 1 saturated heterocycles. The Morgan fingerprint density at radius 2 is 2.10 bits per heavy atom. The molecule has 20 heavy (non-hydrogen) atoms. The maximum absolute atomic E-state index is 12.0. The summed E-state index contributed by atoms with van der Waals surface area (Å²) in [6.07, 6.45) is -0.716. The van der Waals surface area contributed by atoms with Crippen LogP contribution in [-0.4, -0.2) is 40.6 Å². The minimum Gasteiger partial charge on any atom is -0.459 e. The van der Waals surface area contributed by atoms with Crippen LogP contribution in [0.15, 0.2) is 30.3 Å². The molecule has 1 fully saturated rings. The summed E-state index contributed by atoms with van der Waals surface area (Å²) in [5, 5.41) is 9.66. The molecule has 0 aliphatic carbocycles. The third-order valence-electron chi connectivity index (χ3n) is 3.67. The first-order chi connectivity index (χ1) is 9.50. The summed E-state index contributed by atoms with van der Waals surface area (Å²) < 4.78 is 5.21. The van der Waals surface area contributed by atoms with E-state index < -0.39 is 24.0 Å². The van der Waals surface area contributed by atoms with E-state index in [-0.39, 0.29) is 19.1 Å². The van der Waals surface area contributed by atoms with Crippen LogP contribution in [0.4, 0.5) is 0 Å². The molecule has 5 nitrogen and oxygen atoms in total. The number of likely N-dealkylation sites (tertiary alicyclic amines) is 1. The highest BCUT2D eigenvalue weighted by Gasteiger charge is 2.40. The van der Waals surface area contributed by atoms with Gasteiger partial charge in [0.25, 0.3) is 0 Å². The lowest BCUT2D eigenvalue weighted by Crippen LogP contribution is -2.41. The standard InChI is InChI=1S/C15H19NO4/c1-10-13(17)8-16(14(10)18)11(2)15(19)20-9-12-6-4-3-5-7-12/h3-7,10-11,13,17H,8-9H2,1-2H3/t10-,11-,13-/m0/s1. The van der Waals surface area contributed by atoms with Gasteiger partial charge in [-0.1, -0.05) is 37.3 Å². The van der Waals surface area contributed by atoms with E-state index in [9.17, 15) is 14.7 Å². The Morgan fingerprint density at radius 1 is 1.45 bits per heavy atom. The number of rotatable bonds is 4. The number of β-amino-alcohol motifs (C(OH)–C–C–N with tert-alkyl or cyclic N) is 1. The molecule has 5 heteroatoms. The van der Waals surface area contributed by atoms with Crippen LogP contribution < -0.4 is 0 Å². The fourth-order valence-corrected chi connectivity index (χ4v) is 2.20. The highest BCUT2D eigenvalue weighted by atomic mass is 16.5. The molecule has 0 saturated carbocycles. The van der Waals surface area contributed by atoms with Crippen molar-refractivity contribution in [1.82, 2.24) is 4.90 Å². The second-order valence-corrected chi connectivity index (χ2v) is 5.12. The first-order valence-electron chi connectivity index (χ1n) is 6.70. The molecule has 2 rings (SSSR count). The quantitative estimate of drug-likeness (QED) is 0.832. The van der Waals surface area contributed by atoms with Crippen LogP contribution in [0.2, 0.25) is 0 Å². The number of carbonyl (C=O) groups is 2. The predicted molar refractivity (Wildman–Crippen MR) is 72.6 cm³/mol. The SMILES string of the molecule is C[C@@H]1C(=O)N([C@@H](C)C(=O)OCc2ccccc2)C[C@@H]1O. The Kier molecular flexibility index (Phi) is 4.39. The lowest BCUT2D eigenvalue weighted by Gasteiger charge is -2.22. The molecular weight excluding hydrogens is 258 g/mol. The van der Waals surface area contributed by atoms with E-state index in [1.807, 2.05) is 30.3 Å². The maximum Gasteiger partial charge on any atom is 0.328 e. The monoisotopic (exact) mass is 277 g/mol. The van der Waals surface area contributed by atoms with Crippen molar-refractivity contribution in [3.05, 3.63) is 35.9 Å². The van der Waals surface area contributed by atoms with E-state index in [4.69, 9.17) is 4.74 Å². The summed E-state index contributed by atoms with van der Waals surface area (Å²) in [6, 6.07) is 8.68. The zero-order chi connectivity index (χ0) is 14.7. The summed E-state index contributed by atoms with van der Waals surface area (Å²) in [5.74, 6) is -1.12. The van der Waals surface area contributed by atoms with Gasteiger partial charge in [0.05, 0.1) is 12.0 Å². The van der Waals surface area contributed by atoms with E-state index in [0.29, 0.717) is 0 Å². The molecule has 1 aromatic carbocycles. The van der Waals surface area contributed by atoms with E-state index >= 15 is 0 Å². The van der Waals surface area contributed by atoms with Crippen molar-refractivity contribution in [2.24, 2.45) is 5.92 Å². The molecule has 1 N–H and O–H groups in total. The molecule has 1 heterocycles. The second kappa shape index (κ2) is 6.05. The van der Waals surface area contributed by atoms with E-state index in [1.54, 1.807) is 13.8 Å². The molecule has 0 bridgehead atoms. The fraction of sp³-hybridized carbons (Fsp3) is 0.467. The summed E-state index contributed by atoms with van der Waals surface area (Å²) in [7, 11) is 0. The smallest absolute Gasteiger partial charge is 0.328 e. The molecule has 0 radical (unpaired) electrons. The van der Waals surface area contributed by atoms with Crippen molar-refractivity contribution in [2.45, 2.75) is 32.6 Å². The van der Waals surface area contributed by atoms with Crippen LogP contribution in [0.25, 0.3) is 0 Å². The van der Waals surface area contributed by atoms with Crippen LogP contribution in [0.1, 0.15) is 19.4 Å². The van der Waals surface area contributed by atoms with E-state index in [1.165, 1.54) is 4.90 Å². The zero-order valence-electron chi connectivity index (χ0n) is 11.7. The number of hydrogen-bond donors (Lipinski definition) is 1. The maximum atomic E-state index is 12.0. The van der Waals surface area contributed by atoms with Gasteiger partial charge in [-0.15, -0.1) is 0 Å². The average molecular weight is 277 g/mol. The number of aliphatic hydroxyl groups excluding tert-OH is 1. The summed E-state index contributed by atoms with van der Waals surface area (Å²) >= 11 is 0. The van der Waals surface area contributed by atoms with Crippen LogP contribution in [0, 0.1) is 5.92 Å². The van der Waals surface area contributed by atoms with Crippen molar-refractivity contribution in [1.29, 1.82) is 0 Å². The lowest BCUT2D eigenvalue weighted by molar-refractivity contribution is -0.154. The van der Waals surface area contributed by atoms with Crippen LogP contribution in [-0.2, 0) is 20.9 Å². The molecule has 1 amide bonds. The number of esters is 1. The van der Waals surface area contributed by atoms with Crippen LogP contribution in [0.5, 0.6) is 0 Å². The highest BCUT2D eigenvalue weighted by molar-refractivity contribution is 5.87. The van der Waals surface area contributed by atoms with E-state index in [0.717, 1.165) is 5.56 Å². The Morgan fingerprint density at radius 3 is 2.65 bits per heavy atom. The number of benzene rings is 1. The number of hydrogen-bond acceptors (Lipinski definition) is 4.